The van der Waals surface area contributed by atoms with Crippen molar-refractivity contribution in [2.45, 2.75) is 18.2 Å². The van der Waals surface area contributed by atoms with Gasteiger partial charge in [-0.2, -0.15) is 0 Å². The van der Waals surface area contributed by atoms with Crippen molar-refractivity contribution in [2.75, 3.05) is 12.9 Å². The fraction of sp³-hybridized carbons (Fsp3) is 0.250. The molecule has 0 aliphatic rings. The first-order chi connectivity index (χ1) is 10.7. The lowest BCUT2D eigenvalue weighted by Gasteiger charge is -2.10. The molecule has 0 fully saturated rings. The van der Waals surface area contributed by atoms with E-state index in [2.05, 4.69) is 21.9 Å². The molecular weight excluding hydrogens is 298 g/mol. The van der Waals surface area contributed by atoms with Crippen LogP contribution < -0.4 is 10.3 Å². The van der Waals surface area contributed by atoms with Gasteiger partial charge in [0.1, 0.15) is 11.6 Å². The van der Waals surface area contributed by atoms with Crippen LogP contribution in [0.1, 0.15) is 13.3 Å². The number of benzene rings is 1. The second-order valence-corrected chi connectivity index (χ2v) is 5.76. The SMILES string of the molecule is CCCOc1cc(SC)ccc1-c1nc2[nH]c(=O)ccc2[nH]1. The van der Waals surface area contributed by atoms with E-state index in [1.54, 1.807) is 17.8 Å². The standard InChI is InChI=1S/C16H17N3O2S/c1-3-8-21-13-9-10(22-2)4-5-11(13)15-17-12-6-7-14(20)18-16(12)19-15/h4-7,9H,3,8H2,1-2H3,(H2,17,18,19,20). The summed E-state index contributed by atoms with van der Waals surface area (Å²) in [6.45, 7) is 2.73. The van der Waals surface area contributed by atoms with Crippen molar-refractivity contribution in [3.05, 3.63) is 40.7 Å². The summed E-state index contributed by atoms with van der Waals surface area (Å²) in [6.07, 6.45) is 2.97. The lowest BCUT2D eigenvalue weighted by atomic mass is 10.2. The Morgan fingerprint density at radius 2 is 2.09 bits per heavy atom. The number of H-pyrrole nitrogens is 2. The van der Waals surface area contributed by atoms with E-state index >= 15 is 0 Å². The molecule has 0 saturated carbocycles. The predicted octanol–water partition coefficient (Wildman–Crippen LogP) is 3.43. The molecule has 0 amide bonds. The molecular formula is C16H17N3O2S. The fourth-order valence-electron chi connectivity index (χ4n) is 2.20. The summed E-state index contributed by atoms with van der Waals surface area (Å²) in [5.41, 5.74) is 2.08. The average molecular weight is 315 g/mol. The third kappa shape index (κ3) is 2.87. The van der Waals surface area contributed by atoms with Crippen LogP contribution in [0.25, 0.3) is 22.6 Å². The quantitative estimate of drug-likeness (QED) is 0.708. The van der Waals surface area contributed by atoms with Gasteiger partial charge >= 0.3 is 0 Å². The summed E-state index contributed by atoms with van der Waals surface area (Å²) in [4.78, 5) is 22.9. The van der Waals surface area contributed by atoms with Gasteiger partial charge in [-0.15, -0.1) is 11.8 Å². The molecule has 0 radical (unpaired) electrons. The van der Waals surface area contributed by atoms with Gasteiger partial charge in [-0.3, -0.25) is 4.79 Å². The van der Waals surface area contributed by atoms with Crippen molar-refractivity contribution in [1.29, 1.82) is 0 Å². The second-order valence-electron chi connectivity index (χ2n) is 4.88. The minimum Gasteiger partial charge on any atom is -0.493 e. The number of hydrogen-bond acceptors (Lipinski definition) is 4. The zero-order chi connectivity index (χ0) is 15.5. The molecule has 2 aromatic heterocycles. The smallest absolute Gasteiger partial charge is 0.249 e. The number of rotatable bonds is 5. The number of imidazole rings is 1. The maximum absolute atomic E-state index is 11.4. The highest BCUT2D eigenvalue weighted by atomic mass is 32.2. The van der Waals surface area contributed by atoms with Crippen LogP contribution in [-0.2, 0) is 0 Å². The number of pyridine rings is 1. The van der Waals surface area contributed by atoms with E-state index in [0.717, 1.165) is 28.1 Å². The zero-order valence-electron chi connectivity index (χ0n) is 12.5. The Kier molecular flexibility index (Phi) is 4.20. The van der Waals surface area contributed by atoms with Crippen LogP contribution in [0.3, 0.4) is 0 Å². The monoisotopic (exact) mass is 315 g/mol. The third-order valence-corrected chi connectivity index (χ3v) is 4.01. The van der Waals surface area contributed by atoms with E-state index in [-0.39, 0.29) is 5.56 Å². The zero-order valence-corrected chi connectivity index (χ0v) is 13.3. The Labute approximate surface area is 132 Å². The predicted molar refractivity (Wildman–Crippen MR) is 89.7 cm³/mol. The van der Waals surface area contributed by atoms with Crippen LogP contribution in [0.4, 0.5) is 0 Å². The first kappa shape index (κ1) is 14.7. The van der Waals surface area contributed by atoms with Gasteiger partial charge in [0.05, 0.1) is 17.7 Å². The van der Waals surface area contributed by atoms with Gasteiger partial charge in [0, 0.05) is 11.0 Å². The molecule has 22 heavy (non-hydrogen) atoms. The van der Waals surface area contributed by atoms with Crippen LogP contribution in [0.5, 0.6) is 5.75 Å². The molecule has 3 rings (SSSR count). The van der Waals surface area contributed by atoms with E-state index in [1.165, 1.54) is 6.07 Å². The van der Waals surface area contributed by atoms with Crippen LogP contribution in [0.15, 0.2) is 40.0 Å². The van der Waals surface area contributed by atoms with Gasteiger partial charge < -0.3 is 14.7 Å². The van der Waals surface area contributed by atoms with Crippen molar-refractivity contribution in [2.24, 2.45) is 0 Å². The van der Waals surface area contributed by atoms with Gasteiger partial charge in [-0.25, -0.2) is 4.98 Å². The number of thioether (sulfide) groups is 1. The van der Waals surface area contributed by atoms with Crippen LogP contribution >= 0.6 is 11.8 Å². The van der Waals surface area contributed by atoms with Crippen molar-refractivity contribution < 1.29 is 4.74 Å². The molecule has 2 N–H and O–H groups in total. The number of hydrogen-bond donors (Lipinski definition) is 2. The van der Waals surface area contributed by atoms with Gasteiger partial charge in [0.15, 0.2) is 5.65 Å². The molecule has 5 nitrogen and oxygen atoms in total. The molecule has 0 unspecified atom stereocenters. The third-order valence-electron chi connectivity index (χ3n) is 3.28. The van der Waals surface area contributed by atoms with Crippen LogP contribution in [0.2, 0.25) is 0 Å². The Hall–Kier alpha value is -2.21. The Morgan fingerprint density at radius 3 is 2.86 bits per heavy atom. The van der Waals surface area contributed by atoms with Gasteiger partial charge in [0.2, 0.25) is 5.56 Å². The molecule has 6 heteroatoms. The molecule has 1 aromatic carbocycles. The lowest BCUT2D eigenvalue weighted by Crippen LogP contribution is -2.01. The van der Waals surface area contributed by atoms with E-state index in [1.807, 2.05) is 24.5 Å². The first-order valence-electron chi connectivity index (χ1n) is 7.11. The summed E-state index contributed by atoms with van der Waals surface area (Å²) < 4.78 is 5.86. The number of fused-ring (bicyclic) bond motifs is 1. The highest BCUT2D eigenvalue weighted by Gasteiger charge is 2.12. The molecule has 0 bridgehead atoms. The van der Waals surface area contributed by atoms with E-state index < -0.39 is 0 Å². The highest BCUT2D eigenvalue weighted by Crippen LogP contribution is 2.32. The summed E-state index contributed by atoms with van der Waals surface area (Å²) in [5.74, 6) is 1.49. The van der Waals surface area contributed by atoms with Gasteiger partial charge in [-0.1, -0.05) is 6.92 Å². The number of aromatic amines is 2. The lowest BCUT2D eigenvalue weighted by molar-refractivity contribution is 0.318. The minimum atomic E-state index is -0.161. The van der Waals surface area contributed by atoms with Gasteiger partial charge in [0.25, 0.3) is 0 Å². The normalized spacial score (nSPS) is 11.0. The molecule has 114 valence electrons. The summed E-state index contributed by atoms with van der Waals surface area (Å²) >= 11 is 1.67. The molecule has 0 spiro atoms. The molecule has 0 aliphatic carbocycles. The molecule has 0 atom stereocenters. The molecule has 2 heterocycles. The van der Waals surface area contributed by atoms with Crippen molar-refractivity contribution in [1.82, 2.24) is 15.0 Å². The van der Waals surface area contributed by atoms with Crippen molar-refractivity contribution in [3.63, 3.8) is 0 Å². The van der Waals surface area contributed by atoms with E-state index in [4.69, 9.17) is 4.74 Å². The van der Waals surface area contributed by atoms with Crippen LogP contribution in [-0.4, -0.2) is 27.8 Å². The Morgan fingerprint density at radius 1 is 1.23 bits per heavy atom. The Bertz CT molecular complexity index is 854. The topological polar surface area (TPSA) is 70.8 Å². The van der Waals surface area contributed by atoms with E-state index in [0.29, 0.717) is 18.1 Å². The number of ether oxygens (including phenoxy) is 1. The number of nitrogens with zero attached hydrogens (tertiary/aromatic N) is 1. The summed E-state index contributed by atoms with van der Waals surface area (Å²) in [7, 11) is 0. The maximum Gasteiger partial charge on any atom is 0.249 e. The average Bonchev–Trinajstić information content (AvgIpc) is 2.95. The van der Waals surface area contributed by atoms with Crippen LogP contribution in [0, 0.1) is 0 Å². The summed E-state index contributed by atoms with van der Waals surface area (Å²) in [6, 6.07) is 9.26. The maximum atomic E-state index is 11.4. The van der Waals surface area contributed by atoms with Gasteiger partial charge in [-0.05, 0) is 36.9 Å². The fourth-order valence-corrected chi connectivity index (χ4v) is 2.63. The summed E-state index contributed by atoms with van der Waals surface area (Å²) in [5, 5.41) is 0. The Balaban J connectivity index is 2.09. The number of aromatic nitrogens is 3. The molecule has 0 saturated heterocycles. The van der Waals surface area contributed by atoms with Crippen molar-refractivity contribution in [3.8, 4) is 17.1 Å². The largest absolute Gasteiger partial charge is 0.493 e. The highest BCUT2D eigenvalue weighted by molar-refractivity contribution is 7.98. The molecule has 0 aliphatic heterocycles. The second kappa shape index (κ2) is 6.27. The van der Waals surface area contributed by atoms with E-state index in [9.17, 15) is 4.79 Å². The number of nitrogens with one attached hydrogen (secondary N) is 2. The molecule has 3 aromatic rings. The minimum absolute atomic E-state index is 0.161. The first-order valence-corrected chi connectivity index (χ1v) is 8.34. The van der Waals surface area contributed by atoms with Crippen molar-refractivity contribution >= 4 is 22.9 Å².